The van der Waals surface area contributed by atoms with Crippen LogP contribution in [0.1, 0.15) is 24.3 Å². The van der Waals surface area contributed by atoms with Crippen LogP contribution in [-0.2, 0) is 9.84 Å². The molecule has 1 aromatic heterocycles. The van der Waals surface area contributed by atoms with Crippen LogP contribution in [0.25, 0.3) is 11.3 Å². The SMILES string of the molecule is CCOc1ccccc1-c1cc(C(=O)N[C@@H](C)/C=C/S(C)(=O)=O)[nH]n1. The van der Waals surface area contributed by atoms with Crippen LogP contribution >= 0.6 is 0 Å². The highest BCUT2D eigenvalue weighted by Gasteiger charge is 2.15. The van der Waals surface area contributed by atoms with Crippen molar-refractivity contribution in [2.45, 2.75) is 19.9 Å². The van der Waals surface area contributed by atoms with E-state index in [1.807, 2.05) is 31.2 Å². The molecule has 0 saturated carbocycles. The number of hydrogen-bond donors (Lipinski definition) is 2. The van der Waals surface area contributed by atoms with Gasteiger partial charge in [-0.05, 0) is 32.0 Å². The molecule has 134 valence electrons. The number of rotatable bonds is 7. The lowest BCUT2D eigenvalue weighted by Gasteiger charge is -2.08. The molecule has 8 heteroatoms. The van der Waals surface area contributed by atoms with Gasteiger partial charge in [0, 0.05) is 23.3 Å². The second-order valence-electron chi connectivity index (χ2n) is 5.52. The number of hydrogen-bond acceptors (Lipinski definition) is 5. The van der Waals surface area contributed by atoms with Gasteiger partial charge in [-0.2, -0.15) is 5.10 Å². The number of aromatic amines is 1. The third-order valence-corrected chi connectivity index (χ3v) is 3.91. The summed E-state index contributed by atoms with van der Waals surface area (Å²) in [6, 6.07) is 8.62. The van der Waals surface area contributed by atoms with Crippen molar-refractivity contribution in [2.75, 3.05) is 12.9 Å². The van der Waals surface area contributed by atoms with Crippen molar-refractivity contribution in [2.24, 2.45) is 0 Å². The first-order chi connectivity index (χ1) is 11.8. The molecular weight excluding hydrogens is 342 g/mol. The number of nitrogens with zero attached hydrogens (tertiary/aromatic N) is 1. The summed E-state index contributed by atoms with van der Waals surface area (Å²) in [5, 5.41) is 10.6. The zero-order valence-corrected chi connectivity index (χ0v) is 15.1. The van der Waals surface area contributed by atoms with E-state index in [-0.39, 0.29) is 11.6 Å². The van der Waals surface area contributed by atoms with Crippen LogP contribution in [0.15, 0.2) is 41.8 Å². The van der Waals surface area contributed by atoms with Gasteiger partial charge in [0.2, 0.25) is 0 Å². The molecule has 2 aromatic rings. The lowest BCUT2D eigenvalue weighted by molar-refractivity contribution is 0.0942. The molecule has 2 rings (SSSR count). The molecule has 1 heterocycles. The highest BCUT2D eigenvalue weighted by atomic mass is 32.2. The van der Waals surface area contributed by atoms with Gasteiger partial charge >= 0.3 is 0 Å². The molecule has 7 nitrogen and oxygen atoms in total. The number of H-pyrrole nitrogens is 1. The van der Waals surface area contributed by atoms with Gasteiger partial charge in [0.25, 0.3) is 5.91 Å². The molecule has 2 N–H and O–H groups in total. The predicted molar refractivity (Wildman–Crippen MR) is 96.1 cm³/mol. The molecular formula is C17H21N3O4S. The molecule has 0 aliphatic rings. The molecule has 0 unspecified atom stereocenters. The Labute approximate surface area is 147 Å². The molecule has 0 fully saturated rings. The fourth-order valence-electron chi connectivity index (χ4n) is 2.13. The molecule has 0 bridgehead atoms. The third-order valence-electron chi connectivity index (χ3n) is 3.26. The van der Waals surface area contributed by atoms with E-state index in [1.165, 1.54) is 6.08 Å². The molecule has 1 atom stereocenters. The van der Waals surface area contributed by atoms with E-state index in [0.717, 1.165) is 17.2 Å². The number of benzene rings is 1. The summed E-state index contributed by atoms with van der Waals surface area (Å²) in [6.07, 6.45) is 2.50. The average molecular weight is 363 g/mol. The van der Waals surface area contributed by atoms with E-state index >= 15 is 0 Å². The Morgan fingerprint density at radius 2 is 2.12 bits per heavy atom. The van der Waals surface area contributed by atoms with Crippen molar-refractivity contribution >= 4 is 15.7 Å². The minimum absolute atomic E-state index is 0.279. The van der Waals surface area contributed by atoms with Crippen molar-refractivity contribution < 1.29 is 17.9 Å². The van der Waals surface area contributed by atoms with Crippen molar-refractivity contribution in [1.29, 1.82) is 0 Å². The Balaban J connectivity index is 2.13. The molecule has 25 heavy (non-hydrogen) atoms. The highest BCUT2D eigenvalue weighted by Crippen LogP contribution is 2.28. The summed E-state index contributed by atoms with van der Waals surface area (Å²) < 4.78 is 27.8. The van der Waals surface area contributed by atoms with Crippen LogP contribution in [0.5, 0.6) is 5.75 Å². The van der Waals surface area contributed by atoms with E-state index in [0.29, 0.717) is 18.1 Å². The third kappa shape index (κ3) is 5.46. The summed E-state index contributed by atoms with van der Waals surface area (Å²) >= 11 is 0. The zero-order chi connectivity index (χ0) is 18.4. The van der Waals surface area contributed by atoms with Gasteiger partial charge in [-0.1, -0.05) is 18.2 Å². The molecule has 1 amide bonds. The highest BCUT2D eigenvalue weighted by molar-refractivity contribution is 7.93. The normalized spacial score (nSPS) is 12.9. The van der Waals surface area contributed by atoms with Crippen molar-refractivity contribution in [3.63, 3.8) is 0 Å². The standard InChI is InChI=1S/C17H21N3O4S/c1-4-24-16-8-6-5-7-13(16)14-11-15(20-19-14)17(21)18-12(2)9-10-25(3,22)23/h5-12H,4H2,1-3H3,(H,18,21)(H,19,20)/b10-9+/t12-/m0/s1. The smallest absolute Gasteiger partial charge is 0.269 e. The number of sulfone groups is 1. The number of carbonyl (C=O) groups is 1. The van der Waals surface area contributed by atoms with Crippen molar-refractivity contribution in [3.8, 4) is 17.0 Å². The van der Waals surface area contributed by atoms with Crippen LogP contribution in [0.2, 0.25) is 0 Å². The first-order valence-electron chi connectivity index (χ1n) is 7.77. The van der Waals surface area contributed by atoms with Gasteiger partial charge in [-0.15, -0.1) is 0 Å². The Kier molecular flexibility index (Phi) is 5.97. The van der Waals surface area contributed by atoms with Gasteiger partial charge in [-0.3, -0.25) is 9.89 Å². The van der Waals surface area contributed by atoms with Crippen molar-refractivity contribution in [1.82, 2.24) is 15.5 Å². The Hall–Kier alpha value is -2.61. The molecule has 0 spiro atoms. The monoisotopic (exact) mass is 363 g/mol. The van der Waals surface area contributed by atoms with Crippen LogP contribution in [0.4, 0.5) is 0 Å². The minimum Gasteiger partial charge on any atom is -0.493 e. The lowest BCUT2D eigenvalue weighted by Crippen LogP contribution is -2.31. The second kappa shape index (κ2) is 7.98. The lowest BCUT2D eigenvalue weighted by atomic mass is 10.1. The first-order valence-corrected chi connectivity index (χ1v) is 9.72. The van der Waals surface area contributed by atoms with Crippen LogP contribution in [0.3, 0.4) is 0 Å². The summed E-state index contributed by atoms with van der Waals surface area (Å²) in [7, 11) is -3.23. The van der Waals surface area contributed by atoms with Gasteiger partial charge < -0.3 is 10.1 Å². The molecule has 0 saturated heterocycles. The van der Waals surface area contributed by atoms with Crippen LogP contribution in [0, 0.1) is 0 Å². The fraction of sp³-hybridized carbons (Fsp3) is 0.294. The largest absolute Gasteiger partial charge is 0.493 e. The number of nitrogens with one attached hydrogen (secondary N) is 2. The summed E-state index contributed by atoms with van der Waals surface area (Å²) in [5.41, 5.74) is 1.65. The summed E-state index contributed by atoms with van der Waals surface area (Å²) in [4.78, 5) is 12.2. The number of ether oxygens (including phenoxy) is 1. The van der Waals surface area contributed by atoms with Gasteiger partial charge in [-0.25, -0.2) is 8.42 Å². The van der Waals surface area contributed by atoms with Crippen LogP contribution < -0.4 is 10.1 Å². The number of amides is 1. The Morgan fingerprint density at radius 3 is 2.80 bits per heavy atom. The van der Waals surface area contributed by atoms with E-state index in [1.54, 1.807) is 13.0 Å². The predicted octanol–water partition coefficient (Wildman–Crippen LogP) is 2.15. The van der Waals surface area contributed by atoms with Gasteiger partial charge in [0.1, 0.15) is 11.4 Å². The maximum absolute atomic E-state index is 12.2. The Morgan fingerprint density at radius 1 is 1.40 bits per heavy atom. The van der Waals surface area contributed by atoms with Gasteiger partial charge in [0.15, 0.2) is 9.84 Å². The molecule has 0 aliphatic heterocycles. The van der Waals surface area contributed by atoms with E-state index < -0.39 is 15.9 Å². The summed E-state index contributed by atoms with van der Waals surface area (Å²) in [5.74, 6) is 0.311. The minimum atomic E-state index is -3.23. The topological polar surface area (TPSA) is 101 Å². The quantitative estimate of drug-likeness (QED) is 0.785. The number of carbonyl (C=O) groups excluding carboxylic acids is 1. The molecule has 1 aromatic carbocycles. The summed E-state index contributed by atoms with van der Waals surface area (Å²) in [6.45, 7) is 4.10. The van der Waals surface area contributed by atoms with Crippen molar-refractivity contribution in [3.05, 3.63) is 47.5 Å². The average Bonchev–Trinajstić information content (AvgIpc) is 3.03. The van der Waals surface area contributed by atoms with E-state index in [2.05, 4.69) is 15.5 Å². The maximum Gasteiger partial charge on any atom is 0.269 e. The van der Waals surface area contributed by atoms with Gasteiger partial charge in [0.05, 0.1) is 12.3 Å². The Bertz CT molecular complexity index is 872. The second-order valence-corrected chi connectivity index (χ2v) is 7.45. The molecule has 0 aliphatic carbocycles. The van der Waals surface area contributed by atoms with E-state index in [4.69, 9.17) is 4.74 Å². The number of aromatic nitrogens is 2. The first kappa shape index (κ1) is 18.7. The molecule has 0 radical (unpaired) electrons. The van der Waals surface area contributed by atoms with E-state index in [9.17, 15) is 13.2 Å². The zero-order valence-electron chi connectivity index (χ0n) is 14.3. The fourth-order valence-corrected chi connectivity index (χ4v) is 2.65. The number of para-hydroxylation sites is 1. The maximum atomic E-state index is 12.2. The van der Waals surface area contributed by atoms with Crippen LogP contribution in [-0.4, -0.2) is 43.4 Å².